The van der Waals surface area contributed by atoms with Gasteiger partial charge in [-0.3, -0.25) is 14.5 Å². The number of halogens is 3. The van der Waals surface area contributed by atoms with Crippen molar-refractivity contribution in [3.05, 3.63) is 111 Å². The second-order valence-electron chi connectivity index (χ2n) is 8.00. The van der Waals surface area contributed by atoms with Crippen LogP contribution in [0, 0.1) is 11.6 Å². The van der Waals surface area contributed by atoms with E-state index in [9.17, 15) is 23.5 Å². The SMILES string of the molecule is O=C1C(=O)N(c2nnc(SCc3ccc(F)cc3)s2)C(c2cccc(Br)c2)/C1=C(/O)c1ccc(F)cc1. The Morgan fingerprint density at radius 3 is 2.35 bits per heavy atom. The second-order valence-corrected chi connectivity index (χ2v) is 11.1. The molecule has 1 N–H and O–H groups in total. The van der Waals surface area contributed by atoms with E-state index in [1.807, 2.05) is 0 Å². The van der Waals surface area contributed by atoms with Gasteiger partial charge in [0.15, 0.2) is 4.34 Å². The van der Waals surface area contributed by atoms with Gasteiger partial charge < -0.3 is 5.11 Å². The van der Waals surface area contributed by atoms with Crippen LogP contribution in [0.25, 0.3) is 5.76 Å². The van der Waals surface area contributed by atoms with Crippen molar-refractivity contribution >= 4 is 61.6 Å². The molecule has 6 nitrogen and oxygen atoms in total. The summed E-state index contributed by atoms with van der Waals surface area (Å²) in [6.07, 6.45) is 0. The number of carbonyl (C=O) groups excluding carboxylic acids is 2. The minimum atomic E-state index is -0.981. The molecule has 3 aromatic carbocycles. The lowest BCUT2D eigenvalue weighted by Gasteiger charge is -2.22. The number of hydrogen-bond acceptors (Lipinski definition) is 7. The Bertz CT molecular complexity index is 1520. The van der Waals surface area contributed by atoms with Gasteiger partial charge in [-0.15, -0.1) is 10.2 Å². The Morgan fingerprint density at radius 2 is 1.68 bits per heavy atom. The Balaban J connectivity index is 1.53. The van der Waals surface area contributed by atoms with Gasteiger partial charge in [0.2, 0.25) is 5.13 Å². The molecule has 1 fully saturated rings. The highest BCUT2D eigenvalue weighted by molar-refractivity contribution is 9.10. The molecule has 1 atom stereocenters. The average Bonchev–Trinajstić information content (AvgIpc) is 3.46. The van der Waals surface area contributed by atoms with Crippen LogP contribution in [0.15, 0.2) is 87.2 Å². The fraction of sp³-hybridized carbons (Fsp3) is 0.0769. The van der Waals surface area contributed by atoms with E-state index in [0.29, 0.717) is 20.1 Å². The lowest BCUT2D eigenvalue weighted by atomic mass is 9.95. The number of rotatable bonds is 6. The van der Waals surface area contributed by atoms with Crippen molar-refractivity contribution in [2.75, 3.05) is 4.90 Å². The van der Waals surface area contributed by atoms with Crippen LogP contribution in [0.1, 0.15) is 22.7 Å². The zero-order valence-corrected chi connectivity index (χ0v) is 22.0. The maximum atomic E-state index is 13.5. The van der Waals surface area contributed by atoms with Gasteiger partial charge in [-0.2, -0.15) is 0 Å². The van der Waals surface area contributed by atoms with Gasteiger partial charge in [0.25, 0.3) is 5.78 Å². The van der Waals surface area contributed by atoms with Gasteiger partial charge in [0.05, 0.1) is 11.6 Å². The number of amides is 1. The van der Waals surface area contributed by atoms with Crippen molar-refractivity contribution in [1.82, 2.24) is 10.2 Å². The predicted octanol–water partition coefficient (Wildman–Crippen LogP) is 6.50. The van der Waals surface area contributed by atoms with Crippen LogP contribution in [0.4, 0.5) is 13.9 Å². The molecule has 4 aromatic rings. The molecule has 1 aromatic heterocycles. The lowest BCUT2D eigenvalue weighted by Crippen LogP contribution is -2.29. The molecule has 0 spiro atoms. The normalized spacial score (nSPS) is 16.9. The van der Waals surface area contributed by atoms with Crippen LogP contribution < -0.4 is 4.90 Å². The maximum Gasteiger partial charge on any atom is 0.301 e. The Morgan fingerprint density at radius 1 is 1.00 bits per heavy atom. The summed E-state index contributed by atoms with van der Waals surface area (Å²) in [6, 6.07) is 17.1. The Labute approximate surface area is 226 Å². The summed E-state index contributed by atoms with van der Waals surface area (Å²) >= 11 is 5.90. The van der Waals surface area contributed by atoms with Gasteiger partial charge in [0.1, 0.15) is 17.4 Å². The molecule has 1 amide bonds. The molecule has 0 aliphatic carbocycles. The monoisotopic (exact) mass is 599 g/mol. The second kappa shape index (κ2) is 10.5. The molecule has 186 valence electrons. The number of nitrogens with zero attached hydrogens (tertiary/aromatic N) is 3. The van der Waals surface area contributed by atoms with E-state index < -0.39 is 29.3 Å². The summed E-state index contributed by atoms with van der Waals surface area (Å²) in [6.45, 7) is 0. The fourth-order valence-electron chi connectivity index (χ4n) is 3.87. The molecule has 11 heteroatoms. The van der Waals surface area contributed by atoms with E-state index in [1.54, 1.807) is 36.4 Å². The van der Waals surface area contributed by atoms with E-state index in [2.05, 4.69) is 26.1 Å². The first kappa shape index (κ1) is 25.2. The number of aliphatic hydroxyl groups is 1. The maximum absolute atomic E-state index is 13.5. The molecule has 1 unspecified atom stereocenters. The molecule has 0 saturated carbocycles. The number of benzene rings is 3. The van der Waals surface area contributed by atoms with E-state index in [4.69, 9.17) is 0 Å². The van der Waals surface area contributed by atoms with Crippen LogP contribution in [-0.2, 0) is 15.3 Å². The van der Waals surface area contributed by atoms with E-state index in [1.165, 1.54) is 40.9 Å². The lowest BCUT2D eigenvalue weighted by molar-refractivity contribution is -0.132. The van der Waals surface area contributed by atoms with Gasteiger partial charge in [-0.1, -0.05) is 63.3 Å². The highest BCUT2D eigenvalue weighted by Gasteiger charge is 2.48. The minimum Gasteiger partial charge on any atom is -0.507 e. The first-order valence-electron chi connectivity index (χ1n) is 10.8. The number of thioether (sulfide) groups is 1. The number of anilines is 1. The number of ketones is 1. The molecule has 0 radical (unpaired) electrons. The molecule has 37 heavy (non-hydrogen) atoms. The third-order valence-corrected chi connectivity index (χ3v) is 8.22. The van der Waals surface area contributed by atoms with Crippen LogP contribution in [0.3, 0.4) is 0 Å². The Hall–Kier alpha value is -3.41. The van der Waals surface area contributed by atoms with Gasteiger partial charge >= 0.3 is 5.91 Å². The first-order chi connectivity index (χ1) is 17.8. The molecule has 2 heterocycles. The summed E-state index contributed by atoms with van der Waals surface area (Å²) in [5.74, 6) is -2.48. The van der Waals surface area contributed by atoms with E-state index in [-0.39, 0.29) is 22.1 Å². The molecule has 1 aliphatic rings. The van der Waals surface area contributed by atoms with Gasteiger partial charge in [-0.25, -0.2) is 8.78 Å². The predicted molar refractivity (Wildman–Crippen MR) is 141 cm³/mol. The molecule has 5 rings (SSSR count). The van der Waals surface area contributed by atoms with Gasteiger partial charge in [-0.05, 0) is 59.7 Å². The molecule has 1 saturated heterocycles. The van der Waals surface area contributed by atoms with Crippen molar-refractivity contribution < 1.29 is 23.5 Å². The van der Waals surface area contributed by atoms with Crippen LogP contribution >= 0.6 is 39.0 Å². The molecule has 0 bridgehead atoms. The van der Waals surface area contributed by atoms with Crippen molar-refractivity contribution in [2.24, 2.45) is 0 Å². The summed E-state index contributed by atoms with van der Waals surface area (Å²) in [5.41, 5.74) is 1.52. The molecular weight excluding hydrogens is 584 g/mol. The van der Waals surface area contributed by atoms with Crippen LogP contribution in [0.5, 0.6) is 0 Å². The minimum absolute atomic E-state index is 0.134. The van der Waals surface area contributed by atoms with E-state index in [0.717, 1.165) is 29.0 Å². The summed E-state index contributed by atoms with van der Waals surface area (Å²) in [5, 5.41) is 19.6. The highest BCUT2D eigenvalue weighted by atomic mass is 79.9. The number of aromatic nitrogens is 2. The third-order valence-electron chi connectivity index (χ3n) is 5.60. The van der Waals surface area contributed by atoms with Crippen molar-refractivity contribution in [1.29, 1.82) is 0 Å². The quantitative estimate of drug-likeness (QED) is 0.0895. The van der Waals surface area contributed by atoms with Crippen molar-refractivity contribution in [3.8, 4) is 0 Å². The smallest absolute Gasteiger partial charge is 0.301 e. The van der Waals surface area contributed by atoms with E-state index >= 15 is 0 Å². The summed E-state index contributed by atoms with van der Waals surface area (Å²) < 4.78 is 27.9. The van der Waals surface area contributed by atoms with Crippen molar-refractivity contribution in [2.45, 2.75) is 16.1 Å². The first-order valence-corrected chi connectivity index (χ1v) is 13.4. The standard InChI is InChI=1S/C26H16BrF2N3O3S2/c27-17-3-1-2-16(12-17)21-20(22(33)15-6-10-19(29)11-7-15)23(34)24(35)32(21)25-30-31-26(37-25)36-13-14-4-8-18(28)9-5-14/h1-12,21,33H,13H2/b22-20-. The number of Topliss-reactive ketones (excluding diaryl/α,β-unsaturated/α-hetero) is 1. The fourth-order valence-corrected chi connectivity index (χ4v) is 6.11. The molecule has 1 aliphatic heterocycles. The summed E-state index contributed by atoms with van der Waals surface area (Å²) in [7, 11) is 0. The van der Waals surface area contributed by atoms with Crippen LogP contribution in [0.2, 0.25) is 0 Å². The summed E-state index contributed by atoms with van der Waals surface area (Å²) in [4.78, 5) is 27.7. The van der Waals surface area contributed by atoms with Crippen LogP contribution in [-0.4, -0.2) is 27.0 Å². The largest absolute Gasteiger partial charge is 0.507 e. The topological polar surface area (TPSA) is 83.4 Å². The third kappa shape index (κ3) is 5.20. The molecular formula is C26H16BrF2N3O3S2. The number of aliphatic hydroxyl groups excluding tert-OH is 1. The van der Waals surface area contributed by atoms with Crippen molar-refractivity contribution in [3.63, 3.8) is 0 Å². The zero-order valence-electron chi connectivity index (χ0n) is 18.8. The average molecular weight is 600 g/mol. The number of carbonyl (C=O) groups is 2. The Kier molecular flexibility index (Phi) is 7.18. The zero-order chi connectivity index (χ0) is 26.1. The number of hydrogen-bond donors (Lipinski definition) is 1. The van der Waals surface area contributed by atoms with Gasteiger partial charge in [0, 0.05) is 15.8 Å². The highest BCUT2D eigenvalue weighted by Crippen LogP contribution is 2.44.